The zero-order valence-electron chi connectivity index (χ0n) is 11.1. The Balaban J connectivity index is 2.12. The maximum atomic E-state index is 6.17. The molecular weight excluding hydrogens is 354 g/mol. The molecule has 5 nitrogen and oxygen atoms in total. The Labute approximate surface area is 134 Å². The van der Waals surface area contributed by atoms with Crippen LogP contribution in [-0.2, 0) is 0 Å². The van der Waals surface area contributed by atoms with E-state index in [2.05, 4.69) is 31.5 Å². The summed E-state index contributed by atoms with van der Waals surface area (Å²) < 4.78 is 2.47. The Hall–Kier alpha value is -1.92. The Morgan fingerprint density at radius 2 is 2.00 bits per heavy atom. The Morgan fingerprint density at radius 3 is 2.71 bits per heavy atom. The third-order valence-electron chi connectivity index (χ3n) is 3.12. The fraction of sp³-hybridized carbons (Fsp3) is 0.0714. The van der Waals surface area contributed by atoms with Gasteiger partial charge >= 0.3 is 0 Å². The molecule has 2 N–H and O–H groups in total. The third-order valence-corrected chi connectivity index (χ3v) is 4.25. The molecular formula is C14H11BrClN5. The van der Waals surface area contributed by atoms with E-state index in [0.29, 0.717) is 16.5 Å². The molecule has 0 amide bonds. The molecule has 7 heteroatoms. The molecule has 0 saturated carbocycles. The molecule has 3 rings (SSSR count). The molecule has 0 spiro atoms. The summed E-state index contributed by atoms with van der Waals surface area (Å²) in [5.41, 5.74) is 9.17. The molecule has 0 aliphatic rings. The maximum absolute atomic E-state index is 6.17. The van der Waals surface area contributed by atoms with Crippen LogP contribution in [0.4, 0.5) is 5.69 Å². The van der Waals surface area contributed by atoms with Crippen molar-refractivity contribution in [3.63, 3.8) is 0 Å². The van der Waals surface area contributed by atoms with Crippen molar-refractivity contribution in [2.75, 3.05) is 5.73 Å². The van der Waals surface area contributed by atoms with Crippen molar-refractivity contribution >= 4 is 33.2 Å². The van der Waals surface area contributed by atoms with Gasteiger partial charge in [0.25, 0.3) is 0 Å². The van der Waals surface area contributed by atoms with E-state index >= 15 is 0 Å². The minimum Gasteiger partial charge on any atom is -0.398 e. The molecule has 106 valence electrons. The van der Waals surface area contributed by atoms with Crippen molar-refractivity contribution in [3.05, 3.63) is 51.5 Å². The smallest absolute Gasteiger partial charge is 0.187 e. The summed E-state index contributed by atoms with van der Waals surface area (Å²) in [6, 6.07) is 11.3. The summed E-state index contributed by atoms with van der Waals surface area (Å²) in [5.74, 6) is 0.606. The number of nitrogen functional groups attached to an aromatic ring is 1. The van der Waals surface area contributed by atoms with Gasteiger partial charge in [0.15, 0.2) is 5.82 Å². The summed E-state index contributed by atoms with van der Waals surface area (Å²) in [7, 11) is 0. The molecule has 21 heavy (non-hydrogen) atoms. The number of nitrogens with two attached hydrogens (primary N) is 1. The number of nitrogens with zero attached hydrogens (tertiary/aromatic N) is 4. The predicted octanol–water partition coefficient (Wildman–Crippen LogP) is 3.64. The van der Waals surface area contributed by atoms with Crippen molar-refractivity contribution < 1.29 is 0 Å². The first-order chi connectivity index (χ1) is 10.1. The molecule has 0 aliphatic heterocycles. The number of hydrogen-bond acceptors (Lipinski definition) is 4. The number of rotatable bonds is 2. The topological polar surface area (TPSA) is 69.6 Å². The second-order valence-corrected chi connectivity index (χ2v) is 5.85. The lowest BCUT2D eigenvalue weighted by Gasteiger charge is -2.07. The number of benzene rings is 2. The number of anilines is 1. The largest absolute Gasteiger partial charge is 0.398 e. The second-order valence-electron chi connectivity index (χ2n) is 4.58. The van der Waals surface area contributed by atoms with Crippen LogP contribution in [0.25, 0.3) is 17.1 Å². The summed E-state index contributed by atoms with van der Waals surface area (Å²) in [5, 5.41) is 12.5. The van der Waals surface area contributed by atoms with Gasteiger partial charge in [-0.15, -0.1) is 5.10 Å². The highest BCUT2D eigenvalue weighted by Crippen LogP contribution is 2.27. The molecule has 0 radical (unpaired) electrons. The van der Waals surface area contributed by atoms with E-state index in [1.807, 2.05) is 43.3 Å². The van der Waals surface area contributed by atoms with Crippen molar-refractivity contribution in [1.29, 1.82) is 0 Å². The lowest BCUT2D eigenvalue weighted by atomic mass is 10.2. The second kappa shape index (κ2) is 5.46. The first-order valence-electron chi connectivity index (χ1n) is 6.16. The van der Waals surface area contributed by atoms with E-state index in [1.165, 1.54) is 0 Å². The molecule has 3 aromatic rings. The molecule has 0 aliphatic carbocycles. The van der Waals surface area contributed by atoms with Crippen LogP contribution in [0.5, 0.6) is 0 Å². The summed E-state index contributed by atoms with van der Waals surface area (Å²) in [6.07, 6.45) is 0. The van der Waals surface area contributed by atoms with Crippen LogP contribution < -0.4 is 5.73 Å². The third kappa shape index (κ3) is 2.64. The number of halogens is 2. The van der Waals surface area contributed by atoms with E-state index in [0.717, 1.165) is 21.3 Å². The highest BCUT2D eigenvalue weighted by Gasteiger charge is 2.12. The molecule has 1 heterocycles. The van der Waals surface area contributed by atoms with Crippen LogP contribution in [0, 0.1) is 6.92 Å². The monoisotopic (exact) mass is 363 g/mol. The first kappa shape index (κ1) is 14.0. The van der Waals surface area contributed by atoms with E-state index in [4.69, 9.17) is 17.3 Å². The van der Waals surface area contributed by atoms with Crippen LogP contribution in [0.15, 0.2) is 40.9 Å². The zero-order valence-corrected chi connectivity index (χ0v) is 13.4. The van der Waals surface area contributed by atoms with E-state index < -0.39 is 0 Å². The van der Waals surface area contributed by atoms with Gasteiger partial charge in [-0.05, 0) is 69.2 Å². The number of aryl methyl sites for hydroxylation is 1. The van der Waals surface area contributed by atoms with Crippen molar-refractivity contribution in [1.82, 2.24) is 20.2 Å². The summed E-state index contributed by atoms with van der Waals surface area (Å²) in [4.78, 5) is 0. The number of hydrogen-bond donors (Lipinski definition) is 1. The predicted molar refractivity (Wildman–Crippen MR) is 86.4 cm³/mol. The lowest BCUT2D eigenvalue weighted by Crippen LogP contribution is -2.00. The Bertz CT molecular complexity index is 749. The van der Waals surface area contributed by atoms with Gasteiger partial charge in [0.2, 0.25) is 0 Å². The highest BCUT2D eigenvalue weighted by molar-refractivity contribution is 9.10. The SMILES string of the molecule is Cc1ccc(-n2nnnc2-c2ccc(Br)c(N)c2)cc1Cl. The van der Waals surface area contributed by atoms with Gasteiger partial charge in [0.05, 0.1) is 5.69 Å². The molecule has 0 saturated heterocycles. The van der Waals surface area contributed by atoms with Crippen LogP contribution in [-0.4, -0.2) is 20.2 Å². The van der Waals surface area contributed by atoms with Crippen molar-refractivity contribution in [3.8, 4) is 17.1 Å². The summed E-state index contributed by atoms with van der Waals surface area (Å²) in [6.45, 7) is 1.95. The molecule has 0 bridgehead atoms. The average molecular weight is 365 g/mol. The standard InChI is InChI=1S/C14H11BrClN5/c1-8-2-4-10(7-12(8)16)21-14(18-19-20-21)9-3-5-11(15)13(17)6-9/h2-7H,17H2,1H3. The van der Waals surface area contributed by atoms with E-state index in [1.54, 1.807) is 4.68 Å². The number of aromatic nitrogens is 4. The van der Waals surface area contributed by atoms with Gasteiger partial charge in [-0.2, -0.15) is 4.68 Å². The fourth-order valence-corrected chi connectivity index (χ4v) is 2.36. The average Bonchev–Trinajstić information content (AvgIpc) is 2.94. The Kier molecular flexibility index (Phi) is 3.65. The van der Waals surface area contributed by atoms with Crippen molar-refractivity contribution in [2.45, 2.75) is 6.92 Å². The van der Waals surface area contributed by atoms with Crippen LogP contribution >= 0.6 is 27.5 Å². The van der Waals surface area contributed by atoms with Gasteiger partial charge in [-0.3, -0.25) is 0 Å². The van der Waals surface area contributed by atoms with Crippen LogP contribution in [0.2, 0.25) is 5.02 Å². The zero-order chi connectivity index (χ0) is 15.0. The summed E-state index contributed by atoms with van der Waals surface area (Å²) >= 11 is 9.54. The van der Waals surface area contributed by atoms with Gasteiger partial charge in [-0.25, -0.2) is 0 Å². The molecule has 0 fully saturated rings. The van der Waals surface area contributed by atoms with Crippen LogP contribution in [0.3, 0.4) is 0 Å². The van der Waals surface area contributed by atoms with Gasteiger partial charge < -0.3 is 5.73 Å². The number of tetrazole rings is 1. The van der Waals surface area contributed by atoms with Crippen LogP contribution in [0.1, 0.15) is 5.56 Å². The first-order valence-corrected chi connectivity index (χ1v) is 7.33. The molecule has 0 atom stereocenters. The van der Waals surface area contributed by atoms with Gasteiger partial charge in [0, 0.05) is 20.7 Å². The van der Waals surface area contributed by atoms with Gasteiger partial charge in [-0.1, -0.05) is 17.7 Å². The molecule has 1 aromatic heterocycles. The fourth-order valence-electron chi connectivity index (χ4n) is 1.94. The lowest BCUT2D eigenvalue weighted by molar-refractivity contribution is 0.791. The quantitative estimate of drug-likeness (QED) is 0.705. The van der Waals surface area contributed by atoms with Gasteiger partial charge in [0.1, 0.15) is 0 Å². The Morgan fingerprint density at radius 1 is 1.19 bits per heavy atom. The minimum atomic E-state index is 0.606. The molecule has 2 aromatic carbocycles. The highest BCUT2D eigenvalue weighted by atomic mass is 79.9. The molecule has 0 unspecified atom stereocenters. The maximum Gasteiger partial charge on any atom is 0.187 e. The normalized spacial score (nSPS) is 10.8. The van der Waals surface area contributed by atoms with E-state index in [9.17, 15) is 0 Å². The van der Waals surface area contributed by atoms with Crippen molar-refractivity contribution in [2.24, 2.45) is 0 Å². The van der Waals surface area contributed by atoms with E-state index in [-0.39, 0.29) is 0 Å². The minimum absolute atomic E-state index is 0.606.